The number of amides is 2. The first-order valence-electron chi connectivity index (χ1n) is 10.5. The molecule has 4 rings (SSSR count). The highest BCUT2D eigenvalue weighted by atomic mass is 32.2. The molecule has 6 nitrogen and oxygen atoms in total. The molecule has 31 heavy (non-hydrogen) atoms. The Morgan fingerprint density at radius 3 is 2.13 bits per heavy atom. The second-order valence-corrected chi connectivity index (χ2v) is 10.5. The lowest BCUT2D eigenvalue weighted by atomic mass is 9.93. The van der Waals surface area contributed by atoms with Crippen molar-refractivity contribution in [3.63, 3.8) is 0 Å². The Bertz CT molecular complexity index is 1150. The molecule has 0 bridgehead atoms. The largest absolute Gasteiger partial charge is 0.386 e. The number of sulfonamides is 1. The molecule has 166 valence electrons. The molecular weight excluding hydrogens is 419 g/mol. The number of carbonyl (C=O) groups is 1. The van der Waals surface area contributed by atoms with Crippen LogP contribution in [-0.2, 0) is 41.3 Å². The molecule has 0 aromatic heterocycles. The van der Waals surface area contributed by atoms with Crippen LogP contribution in [0.25, 0.3) is 0 Å². The molecule has 0 unspecified atom stereocenters. The maximum absolute atomic E-state index is 14.3. The van der Waals surface area contributed by atoms with E-state index in [2.05, 4.69) is 12.2 Å². The van der Waals surface area contributed by atoms with Crippen molar-refractivity contribution in [1.29, 1.82) is 0 Å². The third kappa shape index (κ3) is 3.94. The summed E-state index contributed by atoms with van der Waals surface area (Å²) in [5.74, 6) is -0.995. The van der Waals surface area contributed by atoms with E-state index in [9.17, 15) is 22.7 Å². The molecule has 2 aliphatic rings. The molecule has 0 spiro atoms. The van der Waals surface area contributed by atoms with Gasteiger partial charge in [0.25, 0.3) is 10.0 Å². The van der Waals surface area contributed by atoms with Crippen molar-refractivity contribution in [1.82, 2.24) is 4.72 Å². The lowest BCUT2D eigenvalue weighted by Gasteiger charge is -2.20. The first-order valence-corrected chi connectivity index (χ1v) is 12.0. The van der Waals surface area contributed by atoms with Gasteiger partial charge in [-0.15, -0.1) is 0 Å². The average molecular weight is 447 g/mol. The van der Waals surface area contributed by atoms with Gasteiger partial charge in [0.15, 0.2) is 0 Å². The van der Waals surface area contributed by atoms with Crippen LogP contribution in [0.15, 0.2) is 23.1 Å². The fourth-order valence-corrected chi connectivity index (χ4v) is 5.80. The van der Waals surface area contributed by atoms with Crippen LogP contribution in [-0.4, -0.2) is 19.6 Å². The van der Waals surface area contributed by atoms with Gasteiger partial charge in [0.1, 0.15) is 10.7 Å². The van der Waals surface area contributed by atoms with E-state index in [1.807, 2.05) is 4.72 Å². The van der Waals surface area contributed by atoms with E-state index in [1.54, 1.807) is 0 Å². The molecule has 0 atom stereocenters. The summed E-state index contributed by atoms with van der Waals surface area (Å²) in [6, 6.07) is 2.42. The van der Waals surface area contributed by atoms with Crippen molar-refractivity contribution in [2.45, 2.75) is 69.8 Å². The van der Waals surface area contributed by atoms with Crippen molar-refractivity contribution in [3.05, 3.63) is 57.4 Å². The molecule has 8 heteroatoms. The van der Waals surface area contributed by atoms with E-state index in [0.29, 0.717) is 5.69 Å². The van der Waals surface area contributed by atoms with Gasteiger partial charge >= 0.3 is 6.03 Å². The van der Waals surface area contributed by atoms with Crippen LogP contribution >= 0.6 is 0 Å². The Hall–Kier alpha value is -2.45. The molecule has 0 saturated heterocycles. The maximum Gasteiger partial charge on any atom is 0.333 e. The summed E-state index contributed by atoms with van der Waals surface area (Å²) >= 11 is 0. The maximum atomic E-state index is 14.3. The lowest BCUT2D eigenvalue weighted by molar-refractivity contribution is 0.0782. The smallest absolute Gasteiger partial charge is 0.333 e. The minimum absolute atomic E-state index is 0.226. The summed E-state index contributed by atoms with van der Waals surface area (Å²) in [6.07, 6.45) is 5.60. The number of rotatable bonds is 4. The number of hydrogen-bond acceptors (Lipinski definition) is 4. The first-order chi connectivity index (χ1) is 14.5. The van der Waals surface area contributed by atoms with Gasteiger partial charge in [0.2, 0.25) is 0 Å². The summed E-state index contributed by atoms with van der Waals surface area (Å²) < 4.78 is 41.8. The highest BCUT2D eigenvalue weighted by Gasteiger charge is 2.30. The predicted molar refractivity (Wildman–Crippen MR) is 116 cm³/mol. The quantitative estimate of drug-likeness (QED) is 0.665. The van der Waals surface area contributed by atoms with E-state index in [1.165, 1.54) is 36.6 Å². The van der Waals surface area contributed by atoms with Gasteiger partial charge in [-0.3, -0.25) is 0 Å². The fourth-order valence-electron chi connectivity index (χ4n) is 4.79. The van der Waals surface area contributed by atoms with Crippen LogP contribution in [0.4, 0.5) is 14.9 Å². The van der Waals surface area contributed by atoms with Crippen molar-refractivity contribution in [2.24, 2.45) is 0 Å². The van der Waals surface area contributed by atoms with Crippen molar-refractivity contribution in [3.8, 4) is 0 Å². The average Bonchev–Trinajstić information content (AvgIpc) is 3.34. The number of benzene rings is 2. The van der Waals surface area contributed by atoms with Crippen molar-refractivity contribution >= 4 is 21.7 Å². The molecule has 0 radical (unpaired) electrons. The molecule has 3 N–H and O–H groups in total. The van der Waals surface area contributed by atoms with Crippen molar-refractivity contribution < 1.29 is 22.7 Å². The Morgan fingerprint density at radius 1 is 1.03 bits per heavy atom. The van der Waals surface area contributed by atoms with E-state index in [-0.39, 0.29) is 5.56 Å². The standard InChI is InChI=1S/C23H27FN2O4S/c1-13-15-6-4-8-17(15)21(18-9-5-7-16(13)18)25-22(27)26-31(29,30)20-12-14(23(2,3)28)10-11-19(20)24/h10-12,28H,4-9H2,1-3H3,(H2,25,26,27). The summed E-state index contributed by atoms with van der Waals surface area (Å²) in [5, 5.41) is 12.9. The Balaban J connectivity index is 1.64. The van der Waals surface area contributed by atoms with Crippen LogP contribution in [0.5, 0.6) is 0 Å². The summed E-state index contributed by atoms with van der Waals surface area (Å²) in [6.45, 7) is 5.06. The SMILES string of the molecule is Cc1c2c(c(NC(=O)NS(=O)(=O)c3cc(C(C)(C)O)ccc3F)c3c1CCC3)CCC2. The zero-order chi connectivity index (χ0) is 22.6. The topological polar surface area (TPSA) is 95.5 Å². The lowest BCUT2D eigenvalue weighted by Crippen LogP contribution is -2.35. The summed E-state index contributed by atoms with van der Waals surface area (Å²) in [7, 11) is -4.48. The first kappa shape index (κ1) is 21.8. The van der Waals surface area contributed by atoms with E-state index in [0.717, 1.165) is 61.8 Å². The van der Waals surface area contributed by atoms with Gasteiger partial charge in [-0.05, 0) is 105 Å². The second kappa shape index (κ2) is 7.60. The van der Waals surface area contributed by atoms with Crippen LogP contribution in [0.1, 0.15) is 60.1 Å². The Morgan fingerprint density at radius 2 is 1.58 bits per heavy atom. The molecular formula is C23H27FN2O4S. The molecule has 2 aliphatic carbocycles. The van der Waals surface area contributed by atoms with Gasteiger partial charge in [-0.25, -0.2) is 22.3 Å². The second-order valence-electron chi connectivity index (χ2n) is 8.89. The monoisotopic (exact) mass is 446 g/mol. The third-order valence-electron chi connectivity index (χ3n) is 6.34. The van der Waals surface area contributed by atoms with Gasteiger partial charge < -0.3 is 10.4 Å². The Kier molecular flexibility index (Phi) is 5.34. The number of aliphatic hydroxyl groups is 1. The van der Waals surface area contributed by atoms with Gasteiger partial charge in [-0.1, -0.05) is 6.07 Å². The van der Waals surface area contributed by atoms with Crippen LogP contribution in [0.3, 0.4) is 0 Å². The van der Waals surface area contributed by atoms with Crippen LogP contribution in [0, 0.1) is 12.7 Å². The molecule has 0 heterocycles. The summed E-state index contributed by atoms with van der Waals surface area (Å²) in [5.41, 5.74) is 5.55. The van der Waals surface area contributed by atoms with Gasteiger partial charge in [-0.2, -0.15) is 0 Å². The van der Waals surface area contributed by atoms with Crippen LogP contribution in [0.2, 0.25) is 0 Å². The Labute approximate surface area is 181 Å². The van der Waals surface area contributed by atoms with Crippen molar-refractivity contribution in [2.75, 3.05) is 5.32 Å². The molecule has 0 aliphatic heterocycles. The molecule has 2 amide bonds. The van der Waals surface area contributed by atoms with Crippen LogP contribution < -0.4 is 10.0 Å². The minimum atomic E-state index is -4.48. The van der Waals surface area contributed by atoms with E-state index in [4.69, 9.17) is 0 Å². The van der Waals surface area contributed by atoms with E-state index >= 15 is 0 Å². The molecule has 0 fully saturated rings. The molecule has 2 aromatic carbocycles. The highest BCUT2D eigenvalue weighted by molar-refractivity contribution is 7.90. The van der Waals surface area contributed by atoms with E-state index < -0.39 is 32.4 Å². The fraction of sp³-hybridized carbons (Fsp3) is 0.435. The number of nitrogens with one attached hydrogen (secondary N) is 2. The normalized spacial score (nSPS) is 15.5. The number of urea groups is 1. The number of fused-ring (bicyclic) bond motifs is 2. The number of anilines is 1. The number of halogens is 1. The highest BCUT2D eigenvalue weighted by Crippen LogP contribution is 2.41. The predicted octanol–water partition coefficient (Wildman–Crippen LogP) is 3.85. The van der Waals surface area contributed by atoms with Gasteiger partial charge in [0, 0.05) is 5.69 Å². The number of hydrogen-bond donors (Lipinski definition) is 3. The third-order valence-corrected chi connectivity index (χ3v) is 7.68. The zero-order valence-corrected chi connectivity index (χ0v) is 18.7. The van der Waals surface area contributed by atoms with Gasteiger partial charge in [0.05, 0.1) is 5.60 Å². The molecule has 2 aromatic rings. The minimum Gasteiger partial charge on any atom is -0.386 e. The zero-order valence-electron chi connectivity index (χ0n) is 17.9. The summed E-state index contributed by atoms with van der Waals surface area (Å²) in [4.78, 5) is 12.0. The number of carbonyl (C=O) groups excluding carboxylic acids is 1. The molecule has 0 saturated carbocycles.